The first kappa shape index (κ1) is 27.6. The van der Waals surface area contributed by atoms with Crippen molar-refractivity contribution in [2.45, 2.75) is 70.1 Å². The summed E-state index contributed by atoms with van der Waals surface area (Å²) < 4.78 is 43.5. The molecule has 0 heterocycles. The molecule has 1 aromatic rings. The minimum absolute atomic E-state index is 0.0493. The predicted molar refractivity (Wildman–Crippen MR) is 123 cm³/mol. The fourth-order valence-electron chi connectivity index (χ4n) is 2.81. The summed E-state index contributed by atoms with van der Waals surface area (Å²) in [6.45, 7) is 4.32. The van der Waals surface area contributed by atoms with Crippen LogP contribution in [0.4, 0.5) is 0 Å². The van der Waals surface area contributed by atoms with Gasteiger partial charge in [0.1, 0.15) is 4.90 Å². The molecule has 1 N–H and O–H groups in total. The average Bonchev–Trinajstić information content (AvgIpc) is 2.76. The molecule has 7 nitrogen and oxygen atoms in total. The van der Waals surface area contributed by atoms with Crippen molar-refractivity contribution >= 4 is 22.1 Å². The summed E-state index contributed by atoms with van der Waals surface area (Å²) in [6.07, 6.45) is 14.8. The Morgan fingerprint density at radius 1 is 0.844 bits per heavy atom. The third kappa shape index (κ3) is 10.2. The van der Waals surface area contributed by atoms with Crippen molar-refractivity contribution in [1.29, 1.82) is 0 Å². The number of ether oxygens (including phenoxy) is 2. The molecular weight excluding hydrogens is 432 g/mol. The van der Waals surface area contributed by atoms with E-state index >= 15 is 0 Å². The number of unbranched alkanes of at least 4 members (excludes halogenated alkanes) is 4. The smallest absolute Gasteiger partial charge is 0.340 e. The van der Waals surface area contributed by atoms with E-state index < -0.39 is 32.5 Å². The summed E-state index contributed by atoms with van der Waals surface area (Å²) in [5.74, 6) is -1.84. The molecule has 1 aromatic carbocycles. The van der Waals surface area contributed by atoms with E-state index in [2.05, 4.69) is 19.9 Å². The van der Waals surface area contributed by atoms with E-state index in [1.54, 1.807) is 0 Å². The van der Waals surface area contributed by atoms with Gasteiger partial charge in [0, 0.05) is 0 Å². The first-order valence-corrected chi connectivity index (χ1v) is 12.5. The first-order chi connectivity index (χ1) is 15.3. The maximum atomic E-state index is 12.6. The highest BCUT2D eigenvalue weighted by Crippen LogP contribution is 2.22. The normalized spacial score (nSPS) is 11.8. The van der Waals surface area contributed by atoms with Crippen molar-refractivity contribution in [2.24, 2.45) is 0 Å². The Morgan fingerprint density at radius 2 is 1.34 bits per heavy atom. The Hall–Kier alpha value is -2.45. The van der Waals surface area contributed by atoms with Gasteiger partial charge in [-0.25, -0.2) is 9.59 Å². The van der Waals surface area contributed by atoms with Gasteiger partial charge in [0.2, 0.25) is 0 Å². The molecule has 0 fully saturated rings. The lowest BCUT2D eigenvalue weighted by atomic mass is 10.1. The van der Waals surface area contributed by atoms with Crippen molar-refractivity contribution in [2.75, 3.05) is 13.2 Å². The van der Waals surface area contributed by atoms with Crippen LogP contribution in [0.1, 0.15) is 85.9 Å². The number of carbonyl (C=O) groups excluding carboxylic acids is 2. The van der Waals surface area contributed by atoms with Crippen molar-refractivity contribution in [3.8, 4) is 0 Å². The van der Waals surface area contributed by atoms with Gasteiger partial charge in [0.15, 0.2) is 0 Å². The lowest BCUT2D eigenvalue weighted by Crippen LogP contribution is -2.19. The number of carbonyl (C=O) groups is 2. The number of benzene rings is 1. The van der Waals surface area contributed by atoms with E-state index in [1.165, 1.54) is 12.1 Å². The van der Waals surface area contributed by atoms with Crippen LogP contribution in [0.3, 0.4) is 0 Å². The van der Waals surface area contributed by atoms with Crippen LogP contribution in [0.5, 0.6) is 0 Å². The van der Waals surface area contributed by atoms with E-state index in [-0.39, 0.29) is 18.8 Å². The zero-order valence-electron chi connectivity index (χ0n) is 18.9. The molecule has 0 spiro atoms. The summed E-state index contributed by atoms with van der Waals surface area (Å²) in [4.78, 5) is 24.5. The second kappa shape index (κ2) is 15.4. The lowest BCUT2D eigenvalue weighted by molar-refractivity contribution is 0.0450. The predicted octanol–water partition coefficient (Wildman–Crippen LogP) is 5.52. The molecule has 0 unspecified atom stereocenters. The third-order valence-corrected chi connectivity index (χ3v) is 5.36. The highest BCUT2D eigenvalue weighted by molar-refractivity contribution is 7.86. The van der Waals surface area contributed by atoms with Crippen LogP contribution in [0, 0.1) is 0 Å². The highest BCUT2D eigenvalue weighted by atomic mass is 32.2. The molecule has 1 rings (SSSR count). The molecule has 0 bridgehead atoms. The maximum Gasteiger partial charge on any atom is 0.340 e. The molecule has 0 aliphatic carbocycles. The van der Waals surface area contributed by atoms with Gasteiger partial charge in [-0.2, -0.15) is 8.42 Å². The number of hydrogen-bond acceptors (Lipinski definition) is 6. The quantitative estimate of drug-likeness (QED) is 0.157. The first-order valence-electron chi connectivity index (χ1n) is 11.1. The highest BCUT2D eigenvalue weighted by Gasteiger charge is 2.28. The van der Waals surface area contributed by atoms with Crippen LogP contribution in [-0.4, -0.2) is 38.1 Å². The Labute approximate surface area is 191 Å². The minimum Gasteiger partial charge on any atom is -0.462 e. The molecule has 0 amide bonds. The summed E-state index contributed by atoms with van der Waals surface area (Å²) in [5, 5.41) is 0. The monoisotopic (exact) mass is 466 g/mol. The van der Waals surface area contributed by atoms with E-state index in [0.717, 1.165) is 38.2 Å². The molecule has 0 aliphatic heterocycles. The van der Waals surface area contributed by atoms with Crippen LogP contribution in [-0.2, 0) is 19.6 Å². The molecule has 8 heteroatoms. The summed E-state index contributed by atoms with van der Waals surface area (Å²) in [6, 6.07) is 3.60. The van der Waals surface area contributed by atoms with E-state index in [4.69, 9.17) is 9.47 Å². The van der Waals surface area contributed by atoms with Gasteiger partial charge in [-0.3, -0.25) is 4.55 Å². The van der Waals surface area contributed by atoms with E-state index in [9.17, 15) is 22.6 Å². The SMILES string of the molecule is CCC/C=C/CCCOC(=O)c1cccc(S(=O)(=O)O)c1C(=O)OCCC/C=C/CCC. The topological polar surface area (TPSA) is 107 Å². The van der Waals surface area contributed by atoms with Gasteiger partial charge in [-0.05, 0) is 50.7 Å². The molecule has 0 aromatic heterocycles. The fourth-order valence-corrected chi connectivity index (χ4v) is 3.52. The number of allylic oxidation sites excluding steroid dienone is 4. The second-order valence-corrected chi connectivity index (χ2v) is 8.62. The molecule has 0 saturated heterocycles. The molecule has 178 valence electrons. The lowest BCUT2D eigenvalue weighted by Gasteiger charge is -2.12. The van der Waals surface area contributed by atoms with E-state index in [1.807, 2.05) is 18.2 Å². The average molecular weight is 467 g/mol. The van der Waals surface area contributed by atoms with Gasteiger partial charge in [-0.15, -0.1) is 0 Å². The van der Waals surface area contributed by atoms with Gasteiger partial charge in [0.25, 0.3) is 10.1 Å². The van der Waals surface area contributed by atoms with Gasteiger partial charge >= 0.3 is 11.9 Å². The third-order valence-electron chi connectivity index (χ3n) is 4.47. The molecule has 0 saturated carbocycles. The molecule has 0 atom stereocenters. The molecule has 32 heavy (non-hydrogen) atoms. The van der Waals surface area contributed by atoms with Crippen molar-refractivity contribution in [3.63, 3.8) is 0 Å². The Morgan fingerprint density at radius 3 is 1.84 bits per heavy atom. The molecule has 0 radical (unpaired) electrons. The zero-order chi connectivity index (χ0) is 23.8. The molecular formula is C24H34O7S. The van der Waals surface area contributed by atoms with Crippen molar-refractivity contribution < 1.29 is 32.0 Å². The second-order valence-electron chi connectivity index (χ2n) is 7.23. The summed E-state index contributed by atoms with van der Waals surface area (Å²) in [7, 11) is -4.75. The summed E-state index contributed by atoms with van der Waals surface area (Å²) >= 11 is 0. The van der Waals surface area contributed by atoms with Gasteiger partial charge < -0.3 is 9.47 Å². The Balaban J connectivity index is 2.84. The van der Waals surface area contributed by atoms with Crippen molar-refractivity contribution in [3.05, 3.63) is 53.6 Å². The summed E-state index contributed by atoms with van der Waals surface area (Å²) in [5.41, 5.74) is -0.765. The van der Waals surface area contributed by atoms with Crippen LogP contribution < -0.4 is 0 Å². The number of hydrogen-bond donors (Lipinski definition) is 1. The number of rotatable bonds is 15. The standard InChI is InChI=1S/C24H34O7S/c1-3-5-7-9-11-13-18-30-23(25)20-16-15-17-21(32(27,28)29)22(20)24(26)31-19-14-12-10-8-6-4-2/h7-10,15-17H,3-6,11-14,18-19H2,1-2H3,(H,27,28,29)/b9-7+,10-8+. The Bertz CT molecular complexity index is 886. The van der Waals surface area contributed by atoms with Crippen molar-refractivity contribution in [1.82, 2.24) is 0 Å². The van der Waals surface area contributed by atoms with Crippen LogP contribution in [0.15, 0.2) is 47.4 Å². The van der Waals surface area contributed by atoms with Crippen LogP contribution in [0.25, 0.3) is 0 Å². The largest absolute Gasteiger partial charge is 0.462 e. The minimum atomic E-state index is -4.75. The Kier molecular flexibility index (Phi) is 13.2. The fraction of sp³-hybridized carbons (Fsp3) is 0.500. The van der Waals surface area contributed by atoms with Crippen LogP contribution >= 0.6 is 0 Å². The van der Waals surface area contributed by atoms with Gasteiger partial charge in [0.05, 0.1) is 24.3 Å². The molecule has 0 aliphatic rings. The number of esters is 2. The van der Waals surface area contributed by atoms with Gasteiger partial charge in [-0.1, -0.05) is 57.1 Å². The zero-order valence-corrected chi connectivity index (χ0v) is 19.7. The van der Waals surface area contributed by atoms with Crippen LogP contribution in [0.2, 0.25) is 0 Å². The maximum absolute atomic E-state index is 12.6. The van der Waals surface area contributed by atoms with E-state index in [0.29, 0.717) is 19.3 Å².